The van der Waals surface area contributed by atoms with E-state index in [2.05, 4.69) is 17.8 Å². The van der Waals surface area contributed by atoms with Crippen molar-refractivity contribution in [1.29, 1.82) is 0 Å². The molecule has 5 heteroatoms. The van der Waals surface area contributed by atoms with Crippen LogP contribution in [0.3, 0.4) is 0 Å². The zero-order valence-electron chi connectivity index (χ0n) is 14.3. The van der Waals surface area contributed by atoms with Gasteiger partial charge in [-0.1, -0.05) is 42.3 Å². The van der Waals surface area contributed by atoms with Crippen LogP contribution in [-0.4, -0.2) is 6.18 Å². The molecule has 1 aromatic carbocycles. The van der Waals surface area contributed by atoms with Crippen LogP contribution in [-0.2, 0) is 0 Å². The Morgan fingerprint density at radius 3 is 2.48 bits per heavy atom. The molecular weight excluding hydrogens is 347 g/mol. The summed E-state index contributed by atoms with van der Waals surface area (Å²) < 4.78 is 39.4. The minimum absolute atomic E-state index is 0.262. The number of allylic oxidation sites excluding steroid dienone is 5. The van der Waals surface area contributed by atoms with Crippen LogP contribution in [0.15, 0.2) is 64.9 Å². The minimum atomic E-state index is -4.56. The SMILES string of the molecule is C#Cc1cc(NC(=C)C(/C=C\C)=C/C(=C(\C)Cl)C(F)(F)F)ccc1C. The lowest BCUT2D eigenvalue weighted by atomic mass is 10.1. The first-order valence-corrected chi connectivity index (χ1v) is 7.79. The van der Waals surface area contributed by atoms with Gasteiger partial charge in [0.15, 0.2) is 0 Å². The first-order chi connectivity index (χ1) is 11.6. The quantitative estimate of drug-likeness (QED) is 0.465. The van der Waals surface area contributed by atoms with E-state index >= 15 is 0 Å². The van der Waals surface area contributed by atoms with Gasteiger partial charge in [-0.25, -0.2) is 0 Å². The molecule has 0 amide bonds. The van der Waals surface area contributed by atoms with Crippen LogP contribution in [0.1, 0.15) is 25.0 Å². The molecule has 0 aromatic heterocycles. The van der Waals surface area contributed by atoms with Crippen molar-refractivity contribution in [2.75, 3.05) is 5.32 Å². The molecule has 25 heavy (non-hydrogen) atoms. The molecule has 0 atom stereocenters. The van der Waals surface area contributed by atoms with Crippen LogP contribution in [0.5, 0.6) is 0 Å². The van der Waals surface area contributed by atoms with Crippen LogP contribution in [0.4, 0.5) is 18.9 Å². The monoisotopic (exact) mass is 365 g/mol. The fraction of sp³-hybridized carbons (Fsp3) is 0.200. The molecule has 0 aliphatic carbocycles. The maximum atomic E-state index is 13.1. The topological polar surface area (TPSA) is 12.0 Å². The molecule has 0 unspecified atom stereocenters. The third-order valence-electron chi connectivity index (χ3n) is 3.36. The average Bonchev–Trinajstić information content (AvgIpc) is 2.51. The largest absolute Gasteiger partial charge is 0.417 e. The van der Waals surface area contributed by atoms with E-state index in [0.717, 1.165) is 11.6 Å². The van der Waals surface area contributed by atoms with E-state index in [1.807, 2.05) is 13.0 Å². The van der Waals surface area contributed by atoms with Gasteiger partial charge in [0.2, 0.25) is 0 Å². The first-order valence-electron chi connectivity index (χ1n) is 7.41. The van der Waals surface area contributed by atoms with Gasteiger partial charge in [-0.2, -0.15) is 13.2 Å². The van der Waals surface area contributed by atoms with Crippen molar-refractivity contribution in [3.05, 3.63) is 76.0 Å². The Bertz CT molecular complexity index is 786. The zero-order valence-corrected chi connectivity index (χ0v) is 15.0. The summed E-state index contributed by atoms with van der Waals surface area (Å²) in [6, 6.07) is 5.34. The van der Waals surface area contributed by atoms with Crippen molar-refractivity contribution in [3.8, 4) is 12.3 Å². The Morgan fingerprint density at radius 2 is 2.00 bits per heavy atom. The third kappa shape index (κ3) is 5.88. The molecule has 0 bridgehead atoms. The molecule has 0 aliphatic rings. The Balaban J connectivity index is 3.24. The number of aryl methyl sites for hydroxylation is 1. The van der Waals surface area contributed by atoms with E-state index in [0.29, 0.717) is 16.9 Å². The lowest BCUT2D eigenvalue weighted by molar-refractivity contribution is -0.0886. The number of hydrogen-bond acceptors (Lipinski definition) is 1. The van der Waals surface area contributed by atoms with E-state index in [9.17, 15) is 13.2 Å². The van der Waals surface area contributed by atoms with Crippen LogP contribution in [0.2, 0.25) is 0 Å². The fourth-order valence-electron chi connectivity index (χ4n) is 2.05. The molecule has 1 rings (SSSR count). The smallest absolute Gasteiger partial charge is 0.355 e. The van der Waals surface area contributed by atoms with Crippen molar-refractivity contribution < 1.29 is 13.2 Å². The number of nitrogens with one attached hydrogen (secondary N) is 1. The molecule has 1 N–H and O–H groups in total. The molecular formula is C20H19ClF3N. The molecule has 0 aliphatic heterocycles. The third-order valence-corrected chi connectivity index (χ3v) is 3.56. The van der Waals surface area contributed by atoms with Gasteiger partial charge < -0.3 is 5.32 Å². The highest BCUT2D eigenvalue weighted by Crippen LogP contribution is 2.32. The molecule has 0 spiro atoms. The van der Waals surface area contributed by atoms with Gasteiger partial charge >= 0.3 is 6.18 Å². The minimum Gasteiger partial charge on any atom is -0.355 e. The van der Waals surface area contributed by atoms with Crippen molar-refractivity contribution in [1.82, 2.24) is 0 Å². The Morgan fingerprint density at radius 1 is 1.36 bits per heavy atom. The summed E-state index contributed by atoms with van der Waals surface area (Å²) in [5.41, 5.74) is 1.91. The standard InChI is InChI=1S/C20H19ClF3N/c1-6-8-17(12-19(14(4)21)20(22,23)24)15(5)25-18-10-9-13(3)16(7-2)11-18/h2,6,8-12,25H,5H2,1,3-4H3/b8-6-,17-12+,19-14-. The number of anilines is 1. The molecule has 1 nitrogen and oxygen atoms in total. The molecule has 0 fully saturated rings. The highest BCUT2D eigenvalue weighted by Gasteiger charge is 2.34. The van der Waals surface area contributed by atoms with Crippen LogP contribution in [0.25, 0.3) is 0 Å². The van der Waals surface area contributed by atoms with E-state index < -0.39 is 11.7 Å². The maximum Gasteiger partial charge on any atom is 0.417 e. The average molecular weight is 366 g/mol. The summed E-state index contributed by atoms with van der Waals surface area (Å²) in [7, 11) is 0. The summed E-state index contributed by atoms with van der Waals surface area (Å²) in [6.45, 7) is 8.60. The molecule has 0 radical (unpaired) electrons. The second-order valence-corrected chi connectivity index (χ2v) is 5.89. The summed E-state index contributed by atoms with van der Waals surface area (Å²) in [5.74, 6) is 2.56. The van der Waals surface area contributed by atoms with E-state index in [1.54, 1.807) is 25.1 Å². The van der Waals surface area contributed by atoms with Gasteiger partial charge in [-0.05, 0) is 50.1 Å². The zero-order chi connectivity index (χ0) is 19.2. The van der Waals surface area contributed by atoms with Gasteiger partial charge in [0, 0.05) is 22.0 Å². The summed E-state index contributed by atoms with van der Waals surface area (Å²) in [5, 5.41) is 2.64. The predicted octanol–water partition coefficient (Wildman–Crippen LogP) is 6.48. The molecule has 0 saturated heterocycles. The van der Waals surface area contributed by atoms with Gasteiger partial charge in [0.05, 0.1) is 5.57 Å². The van der Waals surface area contributed by atoms with Crippen LogP contribution in [0, 0.1) is 19.3 Å². The van der Waals surface area contributed by atoms with Crippen molar-refractivity contribution in [2.24, 2.45) is 0 Å². The molecule has 0 saturated carbocycles. The second-order valence-electron chi connectivity index (χ2n) is 5.32. The van der Waals surface area contributed by atoms with E-state index in [4.69, 9.17) is 18.0 Å². The summed E-state index contributed by atoms with van der Waals surface area (Å²) in [6.07, 6.45) is 4.99. The maximum absolute atomic E-state index is 13.1. The highest BCUT2D eigenvalue weighted by atomic mass is 35.5. The van der Waals surface area contributed by atoms with Gasteiger partial charge in [-0.15, -0.1) is 6.42 Å². The van der Waals surface area contributed by atoms with E-state index in [-0.39, 0.29) is 10.6 Å². The number of alkyl halides is 3. The van der Waals surface area contributed by atoms with E-state index in [1.165, 1.54) is 13.0 Å². The summed E-state index contributed by atoms with van der Waals surface area (Å²) in [4.78, 5) is 0. The molecule has 132 valence electrons. The van der Waals surface area contributed by atoms with Crippen molar-refractivity contribution in [3.63, 3.8) is 0 Å². The number of terminal acetylenes is 1. The Kier molecular flexibility index (Phi) is 7.14. The molecule has 0 heterocycles. The second kappa shape index (κ2) is 8.64. The lowest BCUT2D eigenvalue weighted by Gasteiger charge is -2.15. The molecule has 1 aromatic rings. The number of benzene rings is 1. The first kappa shape index (κ1) is 20.7. The van der Waals surface area contributed by atoms with Gasteiger partial charge in [-0.3, -0.25) is 0 Å². The van der Waals surface area contributed by atoms with Crippen molar-refractivity contribution >= 4 is 17.3 Å². The fourth-order valence-corrected chi connectivity index (χ4v) is 2.21. The normalized spacial score (nSPS) is 13.4. The Labute approximate surface area is 151 Å². The van der Waals surface area contributed by atoms with Gasteiger partial charge in [0.25, 0.3) is 0 Å². The number of halogens is 4. The lowest BCUT2D eigenvalue weighted by Crippen LogP contribution is -2.12. The highest BCUT2D eigenvalue weighted by molar-refractivity contribution is 6.29. The number of rotatable bonds is 5. The predicted molar refractivity (Wildman–Crippen MR) is 99.4 cm³/mol. The van der Waals surface area contributed by atoms with Crippen molar-refractivity contribution in [2.45, 2.75) is 26.9 Å². The van der Waals surface area contributed by atoms with Crippen LogP contribution < -0.4 is 5.32 Å². The van der Waals surface area contributed by atoms with Crippen LogP contribution >= 0.6 is 11.6 Å². The summed E-state index contributed by atoms with van der Waals surface area (Å²) >= 11 is 5.61. The van der Waals surface area contributed by atoms with Gasteiger partial charge in [0.1, 0.15) is 0 Å². The Hall–Kier alpha value is -2.38. The number of hydrogen-bond donors (Lipinski definition) is 1.